The Labute approximate surface area is 102 Å². The number of carbonyl (C=O) groups is 2. The van der Waals surface area contributed by atoms with Crippen molar-refractivity contribution in [1.29, 1.82) is 0 Å². The molecule has 0 aliphatic heterocycles. The van der Waals surface area contributed by atoms with Gasteiger partial charge in [0, 0.05) is 19.2 Å². The largest absolute Gasteiger partial charge is 0.466 e. The third kappa shape index (κ3) is 4.85. The smallest absolute Gasteiger partial charge is 0.305 e. The fourth-order valence-electron chi connectivity index (χ4n) is 1.70. The van der Waals surface area contributed by atoms with E-state index in [1.807, 2.05) is 23.8 Å². The van der Waals surface area contributed by atoms with E-state index in [1.165, 1.54) is 0 Å². The number of aldehydes is 1. The van der Waals surface area contributed by atoms with Gasteiger partial charge in [0.1, 0.15) is 0 Å². The summed E-state index contributed by atoms with van der Waals surface area (Å²) in [7, 11) is 0. The highest BCUT2D eigenvalue weighted by Gasteiger charge is 2.02. The first-order valence-corrected chi connectivity index (χ1v) is 6.04. The van der Waals surface area contributed by atoms with Crippen LogP contribution in [0.3, 0.4) is 0 Å². The standard InChI is InChI=1S/C13H19NO3/c1-2-17-13(16)8-4-3-5-9-14-10-6-7-12(14)11-15/h6-7,10-11H,2-5,8-9H2,1H3. The van der Waals surface area contributed by atoms with Gasteiger partial charge in [-0.05, 0) is 31.9 Å². The quantitative estimate of drug-likeness (QED) is 0.396. The molecule has 0 aromatic carbocycles. The number of ether oxygens (including phenoxy) is 1. The van der Waals surface area contributed by atoms with Gasteiger partial charge in [-0.15, -0.1) is 0 Å². The Morgan fingerprint density at radius 1 is 1.41 bits per heavy atom. The van der Waals surface area contributed by atoms with Gasteiger partial charge in [-0.3, -0.25) is 9.59 Å². The highest BCUT2D eigenvalue weighted by atomic mass is 16.5. The monoisotopic (exact) mass is 237 g/mol. The summed E-state index contributed by atoms with van der Waals surface area (Å²) in [6.07, 6.45) is 6.02. The molecule has 0 aliphatic carbocycles. The average molecular weight is 237 g/mol. The minimum atomic E-state index is -0.123. The van der Waals surface area contributed by atoms with Crippen LogP contribution in [0.4, 0.5) is 0 Å². The van der Waals surface area contributed by atoms with Crippen LogP contribution in [-0.2, 0) is 16.1 Å². The number of aromatic nitrogens is 1. The molecule has 17 heavy (non-hydrogen) atoms. The van der Waals surface area contributed by atoms with Crippen molar-refractivity contribution in [3.8, 4) is 0 Å². The molecule has 1 aromatic rings. The first-order chi connectivity index (χ1) is 8.27. The Hall–Kier alpha value is -1.58. The van der Waals surface area contributed by atoms with Crippen molar-refractivity contribution >= 4 is 12.3 Å². The summed E-state index contributed by atoms with van der Waals surface area (Å²) < 4.78 is 6.77. The lowest BCUT2D eigenvalue weighted by Gasteiger charge is -2.05. The second kappa shape index (κ2) is 7.65. The summed E-state index contributed by atoms with van der Waals surface area (Å²) in [5, 5.41) is 0. The Morgan fingerprint density at radius 2 is 2.24 bits per heavy atom. The van der Waals surface area contributed by atoms with E-state index in [-0.39, 0.29) is 5.97 Å². The average Bonchev–Trinajstić information content (AvgIpc) is 2.76. The van der Waals surface area contributed by atoms with E-state index in [2.05, 4.69) is 0 Å². The van der Waals surface area contributed by atoms with Crippen LogP contribution in [0.15, 0.2) is 18.3 Å². The third-order valence-corrected chi connectivity index (χ3v) is 2.57. The molecule has 1 rings (SSSR count). The van der Waals surface area contributed by atoms with Crippen LogP contribution < -0.4 is 0 Å². The summed E-state index contributed by atoms with van der Waals surface area (Å²) in [5.41, 5.74) is 0.704. The van der Waals surface area contributed by atoms with E-state index in [0.717, 1.165) is 32.1 Å². The zero-order valence-electron chi connectivity index (χ0n) is 10.2. The molecule has 0 spiro atoms. The zero-order valence-corrected chi connectivity index (χ0v) is 10.2. The van der Waals surface area contributed by atoms with Gasteiger partial charge in [-0.1, -0.05) is 6.42 Å². The normalized spacial score (nSPS) is 10.2. The van der Waals surface area contributed by atoms with Gasteiger partial charge >= 0.3 is 5.97 Å². The molecule has 1 heterocycles. The Kier molecular flexibility index (Phi) is 6.07. The number of nitrogens with zero attached hydrogens (tertiary/aromatic N) is 1. The van der Waals surface area contributed by atoms with Crippen molar-refractivity contribution in [3.63, 3.8) is 0 Å². The molecule has 0 atom stereocenters. The zero-order chi connectivity index (χ0) is 12.5. The number of rotatable bonds is 8. The van der Waals surface area contributed by atoms with E-state index in [4.69, 9.17) is 4.74 Å². The lowest BCUT2D eigenvalue weighted by atomic mass is 10.2. The Bertz CT molecular complexity index is 357. The molecule has 0 radical (unpaired) electrons. The fourth-order valence-corrected chi connectivity index (χ4v) is 1.70. The molecule has 0 saturated carbocycles. The molecule has 0 fully saturated rings. The molecule has 4 nitrogen and oxygen atoms in total. The third-order valence-electron chi connectivity index (χ3n) is 2.57. The maximum Gasteiger partial charge on any atom is 0.305 e. The number of hydrogen-bond donors (Lipinski definition) is 0. The predicted octanol–water partition coefficient (Wildman–Crippen LogP) is 2.42. The first-order valence-electron chi connectivity index (χ1n) is 6.04. The molecule has 0 amide bonds. The van der Waals surface area contributed by atoms with E-state index >= 15 is 0 Å². The van der Waals surface area contributed by atoms with E-state index in [9.17, 15) is 9.59 Å². The molecule has 0 aliphatic rings. The predicted molar refractivity (Wildman–Crippen MR) is 64.9 cm³/mol. The minimum absolute atomic E-state index is 0.123. The Balaban J connectivity index is 2.12. The molecule has 0 N–H and O–H groups in total. The van der Waals surface area contributed by atoms with Crippen molar-refractivity contribution < 1.29 is 14.3 Å². The van der Waals surface area contributed by atoms with Crippen LogP contribution in [-0.4, -0.2) is 23.4 Å². The SMILES string of the molecule is CCOC(=O)CCCCCn1cccc1C=O. The first kappa shape index (κ1) is 13.5. The number of unbranched alkanes of at least 4 members (excludes halogenated alkanes) is 2. The summed E-state index contributed by atoms with van der Waals surface area (Å²) in [4.78, 5) is 21.7. The Morgan fingerprint density at radius 3 is 2.94 bits per heavy atom. The summed E-state index contributed by atoms with van der Waals surface area (Å²) in [6, 6.07) is 3.66. The number of esters is 1. The van der Waals surface area contributed by atoms with Crippen molar-refractivity contribution in [1.82, 2.24) is 4.57 Å². The topological polar surface area (TPSA) is 48.3 Å². The van der Waals surface area contributed by atoms with Gasteiger partial charge in [-0.2, -0.15) is 0 Å². The molecule has 4 heteroatoms. The van der Waals surface area contributed by atoms with Gasteiger partial charge in [0.05, 0.1) is 12.3 Å². The van der Waals surface area contributed by atoms with Gasteiger partial charge in [0.15, 0.2) is 6.29 Å². The lowest BCUT2D eigenvalue weighted by Crippen LogP contribution is -2.04. The molecule has 1 aromatic heterocycles. The summed E-state index contributed by atoms with van der Waals surface area (Å²) in [5.74, 6) is -0.123. The molecule has 0 bridgehead atoms. The van der Waals surface area contributed by atoms with Crippen molar-refractivity contribution in [2.24, 2.45) is 0 Å². The van der Waals surface area contributed by atoms with Crippen LogP contribution in [0.2, 0.25) is 0 Å². The summed E-state index contributed by atoms with van der Waals surface area (Å²) >= 11 is 0. The molecule has 0 unspecified atom stereocenters. The fraction of sp³-hybridized carbons (Fsp3) is 0.538. The van der Waals surface area contributed by atoms with Gasteiger partial charge in [0.25, 0.3) is 0 Å². The van der Waals surface area contributed by atoms with E-state index in [0.29, 0.717) is 18.7 Å². The van der Waals surface area contributed by atoms with E-state index in [1.54, 1.807) is 6.07 Å². The van der Waals surface area contributed by atoms with Crippen LogP contribution in [0, 0.1) is 0 Å². The van der Waals surface area contributed by atoms with E-state index < -0.39 is 0 Å². The lowest BCUT2D eigenvalue weighted by molar-refractivity contribution is -0.143. The second-order valence-electron chi connectivity index (χ2n) is 3.86. The number of hydrogen-bond acceptors (Lipinski definition) is 3. The highest BCUT2D eigenvalue weighted by molar-refractivity contribution is 5.72. The van der Waals surface area contributed by atoms with Crippen molar-refractivity contribution in [2.75, 3.05) is 6.61 Å². The molecular weight excluding hydrogens is 218 g/mol. The molecular formula is C13H19NO3. The van der Waals surface area contributed by atoms with Crippen LogP contribution in [0.5, 0.6) is 0 Å². The second-order valence-corrected chi connectivity index (χ2v) is 3.86. The van der Waals surface area contributed by atoms with Gasteiger partial charge in [-0.25, -0.2) is 0 Å². The maximum atomic E-state index is 11.1. The minimum Gasteiger partial charge on any atom is -0.466 e. The highest BCUT2D eigenvalue weighted by Crippen LogP contribution is 2.06. The molecule has 0 saturated heterocycles. The van der Waals surface area contributed by atoms with Crippen LogP contribution in [0.1, 0.15) is 43.1 Å². The number of carbonyl (C=O) groups excluding carboxylic acids is 2. The van der Waals surface area contributed by atoms with Crippen LogP contribution >= 0.6 is 0 Å². The molecule has 94 valence electrons. The summed E-state index contributed by atoms with van der Waals surface area (Å²) in [6.45, 7) is 3.08. The van der Waals surface area contributed by atoms with Crippen LogP contribution in [0.25, 0.3) is 0 Å². The van der Waals surface area contributed by atoms with Gasteiger partial charge in [0.2, 0.25) is 0 Å². The van der Waals surface area contributed by atoms with Gasteiger partial charge < -0.3 is 9.30 Å². The van der Waals surface area contributed by atoms with Crippen molar-refractivity contribution in [3.05, 3.63) is 24.0 Å². The maximum absolute atomic E-state index is 11.1. The van der Waals surface area contributed by atoms with Crippen molar-refractivity contribution in [2.45, 2.75) is 39.2 Å². The number of aryl methyl sites for hydroxylation is 1.